The lowest BCUT2D eigenvalue weighted by Gasteiger charge is -2.08. The fourth-order valence-corrected chi connectivity index (χ4v) is 1.34. The number of amides is 1. The normalized spacial score (nSPS) is 14.7. The molecule has 98 valence electrons. The van der Waals surface area contributed by atoms with E-state index >= 15 is 0 Å². The van der Waals surface area contributed by atoms with Crippen molar-refractivity contribution in [2.45, 2.75) is 6.92 Å². The van der Waals surface area contributed by atoms with Gasteiger partial charge in [0, 0.05) is 12.8 Å². The number of ether oxygens (including phenoxy) is 2. The van der Waals surface area contributed by atoms with Crippen LogP contribution in [-0.2, 0) is 18.8 Å². The Morgan fingerprint density at radius 1 is 1.47 bits per heavy atom. The number of esters is 1. The molecule has 0 aromatic rings. The first-order valence-electron chi connectivity index (χ1n) is 4.81. The van der Waals surface area contributed by atoms with E-state index in [0.717, 1.165) is 19.9 Å². The third-order valence-electron chi connectivity index (χ3n) is 1.55. The molecule has 0 saturated carbocycles. The summed E-state index contributed by atoms with van der Waals surface area (Å²) in [6.45, 7) is 2.87. The molecule has 7 nitrogen and oxygen atoms in total. The molecule has 0 saturated heterocycles. The molecule has 0 bridgehead atoms. The van der Waals surface area contributed by atoms with Crippen LogP contribution in [0.15, 0.2) is 11.8 Å². The fourth-order valence-electron chi connectivity index (χ4n) is 0.816. The molecule has 0 radical (unpaired) electrons. The van der Waals surface area contributed by atoms with Crippen LogP contribution in [0.4, 0.5) is 4.79 Å². The largest absolute Gasteiger partial charge is 0.461 e. The van der Waals surface area contributed by atoms with Gasteiger partial charge in [0.15, 0.2) is 0 Å². The summed E-state index contributed by atoms with van der Waals surface area (Å²) < 4.78 is 20.0. The van der Waals surface area contributed by atoms with Gasteiger partial charge in [-0.3, -0.25) is 9.88 Å². The number of carbonyl (C=O) groups excluding carboxylic acids is 2. The molecule has 0 aliphatic carbocycles. The van der Waals surface area contributed by atoms with Gasteiger partial charge in [0.2, 0.25) is 7.37 Å². The lowest BCUT2D eigenvalue weighted by Crippen LogP contribution is -2.28. The van der Waals surface area contributed by atoms with E-state index in [1.165, 1.54) is 0 Å². The number of carbonyl (C=O) groups is 2. The molecular formula is C9H16NO6P. The van der Waals surface area contributed by atoms with Gasteiger partial charge in [-0.1, -0.05) is 0 Å². The van der Waals surface area contributed by atoms with Gasteiger partial charge in [0.25, 0.3) is 0 Å². The summed E-state index contributed by atoms with van der Waals surface area (Å²) in [5, 5.41) is 2.12. The van der Waals surface area contributed by atoms with Gasteiger partial charge in [-0.05, 0) is 13.0 Å². The summed E-state index contributed by atoms with van der Waals surface area (Å²) in [6, 6.07) is 0. The lowest BCUT2D eigenvalue weighted by atomic mass is 10.4. The molecule has 17 heavy (non-hydrogen) atoms. The van der Waals surface area contributed by atoms with Crippen molar-refractivity contribution in [1.82, 2.24) is 5.32 Å². The summed E-state index contributed by atoms with van der Waals surface area (Å²) in [6.07, 6.45) is 0.0362. The van der Waals surface area contributed by atoms with E-state index in [9.17, 15) is 14.2 Å². The maximum atomic E-state index is 11.4. The van der Waals surface area contributed by atoms with E-state index in [0.29, 0.717) is 0 Å². The summed E-state index contributed by atoms with van der Waals surface area (Å²) in [7, 11) is -2.17. The topological polar surface area (TPSA) is 102 Å². The van der Waals surface area contributed by atoms with Crippen LogP contribution in [0.2, 0.25) is 0 Å². The van der Waals surface area contributed by atoms with Gasteiger partial charge in [0.05, 0.1) is 13.7 Å². The van der Waals surface area contributed by atoms with Crippen molar-refractivity contribution in [2.24, 2.45) is 0 Å². The summed E-state index contributed by atoms with van der Waals surface area (Å²) in [5.74, 6) is -0.786. The first-order chi connectivity index (χ1) is 7.80. The van der Waals surface area contributed by atoms with Gasteiger partial charge >= 0.3 is 12.1 Å². The van der Waals surface area contributed by atoms with Crippen molar-refractivity contribution >= 4 is 19.4 Å². The van der Waals surface area contributed by atoms with Crippen LogP contribution in [0.3, 0.4) is 0 Å². The number of hydrogen-bond acceptors (Lipinski definition) is 5. The molecule has 0 aromatic heterocycles. The Kier molecular flexibility index (Phi) is 6.53. The molecule has 1 atom stereocenters. The Balaban J connectivity index is 4.78. The molecule has 2 N–H and O–H groups in total. The van der Waals surface area contributed by atoms with E-state index in [4.69, 9.17) is 4.89 Å². The highest BCUT2D eigenvalue weighted by atomic mass is 31.2. The maximum absolute atomic E-state index is 11.4. The third kappa shape index (κ3) is 7.54. The molecule has 0 rings (SSSR count). The van der Waals surface area contributed by atoms with Crippen LogP contribution in [-0.4, -0.2) is 43.5 Å². The monoisotopic (exact) mass is 265 g/mol. The van der Waals surface area contributed by atoms with E-state index in [1.807, 2.05) is 0 Å². The van der Waals surface area contributed by atoms with Gasteiger partial charge in [-0.25, -0.2) is 9.59 Å². The molecular weight excluding hydrogens is 249 g/mol. The van der Waals surface area contributed by atoms with Gasteiger partial charge in [0.1, 0.15) is 5.70 Å². The molecule has 0 fully saturated rings. The number of nitrogens with one attached hydrogen (secondary N) is 1. The van der Waals surface area contributed by atoms with E-state index in [1.54, 1.807) is 6.92 Å². The highest BCUT2D eigenvalue weighted by molar-refractivity contribution is 7.57. The average Bonchev–Trinajstić information content (AvgIpc) is 2.22. The SMILES string of the molecule is CCOC(=O)/C(=C/CP(C)(=O)O)NC(=O)OC. The zero-order valence-electron chi connectivity index (χ0n) is 9.93. The summed E-state index contributed by atoms with van der Waals surface area (Å²) in [5.41, 5.74) is -0.213. The fraction of sp³-hybridized carbons (Fsp3) is 0.556. The standard InChI is InChI=1S/C9H16NO6P/c1-4-16-8(11)7(10-9(12)15-2)5-6-17(3,13)14/h5H,4,6H2,1-3H3,(H,10,12)(H,13,14)/b7-5-. The van der Waals surface area contributed by atoms with Crippen LogP contribution in [0, 0.1) is 0 Å². The average molecular weight is 265 g/mol. The van der Waals surface area contributed by atoms with Crippen LogP contribution >= 0.6 is 7.37 Å². The quantitative estimate of drug-likeness (QED) is 0.431. The third-order valence-corrected chi connectivity index (χ3v) is 2.41. The number of rotatable bonds is 5. The van der Waals surface area contributed by atoms with Crippen molar-refractivity contribution in [1.29, 1.82) is 0 Å². The lowest BCUT2D eigenvalue weighted by molar-refractivity contribution is -0.138. The smallest absolute Gasteiger partial charge is 0.411 e. The van der Waals surface area contributed by atoms with Crippen LogP contribution in [0.25, 0.3) is 0 Å². The highest BCUT2D eigenvalue weighted by Crippen LogP contribution is 2.34. The van der Waals surface area contributed by atoms with Gasteiger partial charge in [-0.15, -0.1) is 0 Å². The molecule has 0 heterocycles. The Hall–Kier alpha value is -1.33. The molecule has 0 spiro atoms. The molecule has 0 aliphatic heterocycles. The first-order valence-corrected chi connectivity index (χ1v) is 7.11. The van der Waals surface area contributed by atoms with Crippen LogP contribution in [0.5, 0.6) is 0 Å². The second-order valence-corrected chi connectivity index (χ2v) is 5.66. The predicted molar refractivity (Wildman–Crippen MR) is 60.9 cm³/mol. The summed E-state index contributed by atoms with van der Waals surface area (Å²) >= 11 is 0. The Bertz CT molecular complexity index is 358. The van der Waals surface area contributed by atoms with Crippen molar-refractivity contribution < 1.29 is 28.5 Å². The van der Waals surface area contributed by atoms with Crippen molar-refractivity contribution in [3.8, 4) is 0 Å². The van der Waals surface area contributed by atoms with Crippen molar-refractivity contribution in [3.63, 3.8) is 0 Å². The Morgan fingerprint density at radius 2 is 2.06 bits per heavy atom. The number of alkyl carbamates (subject to hydrolysis) is 1. The summed E-state index contributed by atoms with van der Waals surface area (Å²) in [4.78, 5) is 31.4. The van der Waals surface area contributed by atoms with E-state index in [-0.39, 0.29) is 18.5 Å². The van der Waals surface area contributed by atoms with E-state index in [2.05, 4.69) is 14.8 Å². The molecule has 0 aromatic carbocycles. The highest BCUT2D eigenvalue weighted by Gasteiger charge is 2.16. The number of methoxy groups -OCH3 is 1. The molecule has 0 aliphatic rings. The first kappa shape index (κ1) is 15.7. The molecule has 1 amide bonds. The van der Waals surface area contributed by atoms with E-state index < -0.39 is 19.4 Å². The van der Waals surface area contributed by atoms with Crippen LogP contribution < -0.4 is 5.32 Å². The number of hydrogen-bond donors (Lipinski definition) is 2. The zero-order chi connectivity index (χ0) is 13.5. The second kappa shape index (κ2) is 7.09. The van der Waals surface area contributed by atoms with Gasteiger partial charge < -0.3 is 14.4 Å². The Labute approximate surface area is 99.2 Å². The van der Waals surface area contributed by atoms with Gasteiger partial charge in [-0.2, -0.15) is 0 Å². The second-order valence-electron chi connectivity index (χ2n) is 3.19. The Morgan fingerprint density at radius 3 is 2.47 bits per heavy atom. The zero-order valence-corrected chi connectivity index (χ0v) is 10.8. The van der Waals surface area contributed by atoms with Crippen LogP contribution in [0.1, 0.15) is 6.92 Å². The predicted octanol–water partition coefficient (Wildman–Crippen LogP) is 0.690. The van der Waals surface area contributed by atoms with Crippen molar-refractivity contribution in [2.75, 3.05) is 26.5 Å². The number of allylic oxidation sites excluding steroid dienone is 1. The minimum Gasteiger partial charge on any atom is -0.461 e. The van der Waals surface area contributed by atoms with Crippen molar-refractivity contribution in [3.05, 3.63) is 11.8 Å². The minimum absolute atomic E-state index is 0.127. The molecule has 8 heteroatoms. The minimum atomic E-state index is -3.31. The molecule has 1 unspecified atom stereocenters. The maximum Gasteiger partial charge on any atom is 0.411 e.